The lowest BCUT2D eigenvalue weighted by molar-refractivity contribution is -0.120. The fourth-order valence-electron chi connectivity index (χ4n) is 5.41. The molecule has 2 aromatic carbocycles. The number of hydrogen-bond acceptors (Lipinski definition) is 11. The SMILES string of the molecule is CNC(=O)Cc1csc(NC(=O)[C@@H](CCSC)Nc2ccc3c(cc2=O)[C@H](NC(C)=O)CCc2cc(OC)c(OC)c(OC)c2-3)n1. The molecule has 2 atom stereocenters. The van der Waals surface area contributed by atoms with Crippen LogP contribution in [0.15, 0.2) is 34.4 Å². The highest BCUT2D eigenvalue weighted by molar-refractivity contribution is 7.98. The first-order valence-electron chi connectivity index (χ1n) is 14.6. The van der Waals surface area contributed by atoms with Crippen molar-refractivity contribution in [3.05, 3.63) is 56.7 Å². The van der Waals surface area contributed by atoms with Crippen molar-refractivity contribution in [1.82, 2.24) is 15.6 Å². The van der Waals surface area contributed by atoms with Crippen LogP contribution < -0.4 is 40.9 Å². The summed E-state index contributed by atoms with van der Waals surface area (Å²) in [4.78, 5) is 55.6. The number of benzene rings is 1. The molecule has 0 spiro atoms. The van der Waals surface area contributed by atoms with Crippen LogP contribution in [0.4, 0.5) is 10.8 Å². The van der Waals surface area contributed by atoms with Gasteiger partial charge < -0.3 is 35.5 Å². The third kappa shape index (κ3) is 7.91. The van der Waals surface area contributed by atoms with Crippen molar-refractivity contribution in [3.63, 3.8) is 0 Å². The third-order valence-corrected chi connectivity index (χ3v) is 9.03. The molecule has 0 saturated carbocycles. The number of thioether (sulfide) groups is 1. The fourth-order valence-corrected chi connectivity index (χ4v) is 6.59. The standard InChI is InChI=1S/C32H39N5O7S2/c1-17(38)34-22-9-7-18-13-26(42-3)29(43-4)30(44-5)28(18)20-8-10-23(25(39)15-21(20)22)36-24(11-12-45-6)31(41)37-32-35-19(16-46-32)14-27(40)33-2/h8,10,13,15-16,22,24H,7,9,11-12,14H2,1-6H3,(H,33,40)(H,34,38)(H,36,39)(H,35,37,41)/t22-,24-/m1/s1. The molecule has 0 fully saturated rings. The second-order valence-electron chi connectivity index (χ2n) is 10.6. The van der Waals surface area contributed by atoms with Gasteiger partial charge in [-0.2, -0.15) is 11.8 Å². The molecule has 0 saturated heterocycles. The highest BCUT2D eigenvalue weighted by atomic mass is 32.2. The largest absolute Gasteiger partial charge is 0.493 e. The second-order valence-corrected chi connectivity index (χ2v) is 12.4. The highest BCUT2D eigenvalue weighted by Gasteiger charge is 2.30. The highest BCUT2D eigenvalue weighted by Crippen LogP contribution is 2.50. The number of thiazole rings is 1. The second kappa shape index (κ2) is 15.8. The number of hydrogen-bond donors (Lipinski definition) is 4. The molecule has 1 aliphatic rings. The first-order valence-corrected chi connectivity index (χ1v) is 16.9. The Balaban J connectivity index is 1.77. The molecule has 14 heteroatoms. The predicted molar refractivity (Wildman–Crippen MR) is 182 cm³/mol. The summed E-state index contributed by atoms with van der Waals surface area (Å²) in [6.07, 6.45) is 3.58. The minimum atomic E-state index is -0.758. The summed E-state index contributed by atoms with van der Waals surface area (Å²) in [5.41, 5.74) is 3.37. The zero-order valence-electron chi connectivity index (χ0n) is 26.7. The predicted octanol–water partition coefficient (Wildman–Crippen LogP) is 3.78. The monoisotopic (exact) mass is 669 g/mol. The molecule has 1 heterocycles. The van der Waals surface area contributed by atoms with Crippen molar-refractivity contribution in [3.8, 4) is 28.4 Å². The summed E-state index contributed by atoms with van der Waals surface area (Å²) >= 11 is 2.80. The third-order valence-electron chi connectivity index (χ3n) is 7.58. The van der Waals surface area contributed by atoms with E-state index in [1.54, 1.807) is 44.5 Å². The molecule has 12 nitrogen and oxygen atoms in total. The minimum absolute atomic E-state index is 0.105. The number of rotatable bonds is 13. The van der Waals surface area contributed by atoms with Crippen molar-refractivity contribution in [2.45, 2.75) is 44.7 Å². The molecule has 246 valence electrons. The molecule has 0 aliphatic heterocycles. The number of carbonyl (C=O) groups is 3. The maximum Gasteiger partial charge on any atom is 0.248 e. The van der Waals surface area contributed by atoms with Crippen LogP contribution in [-0.4, -0.2) is 69.1 Å². The van der Waals surface area contributed by atoms with E-state index in [0.717, 1.165) is 11.1 Å². The number of fused-ring (bicyclic) bond motifs is 3. The van der Waals surface area contributed by atoms with Gasteiger partial charge in [-0.25, -0.2) is 4.98 Å². The summed E-state index contributed by atoms with van der Waals surface area (Å²) in [5.74, 6) is 1.26. The molecule has 0 radical (unpaired) electrons. The Labute approximate surface area is 276 Å². The zero-order chi connectivity index (χ0) is 33.4. The quantitative estimate of drug-likeness (QED) is 0.211. The molecule has 3 aromatic rings. The number of nitrogens with one attached hydrogen (secondary N) is 4. The van der Waals surface area contributed by atoms with Crippen LogP contribution in [0, 0.1) is 0 Å². The average Bonchev–Trinajstić information content (AvgIpc) is 3.34. The Morgan fingerprint density at radius 2 is 1.87 bits per heavy atom. The van der Waals surface area contributed by atoms with Crippen LogP contribution in [0.25, 0.3) is 11.1 Å². The van der Waals surface area contributed by atoms with E-state index < -0.39 is 12.1 Å². The first-order chi connectivity index (χ1) is 22.1. The fraction of sp³-hybridized carbons (Fsp3) is 0.406. The maximum atomic E-state index is 13.8. The van der Waals surface area contributed by atoms with Crippen molar-refractivity contribution in [1.29, 1.82) is 0 Å². The van der Waals surface area contributed by atoms with Gasteiger partial charge in [0.15, 0.2) is 16.6 Å². The number of amides is 3. The molecule has 1 aliphatic carbocycles. The topological polar surface area (TPSA) is 157 Å². The van der Waals surface area contributed by atoms with E-state index in [-0.39, 0.29) is 35.3 Å². The number of aromatic nitrogens is 1. The number of methoxy groups -OCH3 is 3. The van der Waals surface area contributed by atoms with E-state index >= 15 is 0 Å². The van der Waals surface area contributed by atoms with Crippen LogP contribution in [0.5, 0.6) is 17.2 Å². The van der Waals surface area contributed by atoms with Crippen LogP contribution in [-0.2, 0) is 27.2 Å². The van der Waals surface area contributed by atoms with Crippen LogP contribution >= 0.6 is 23.1 Å². The molecular weight excluding hydrogens is 631 g/mol. The molecule has 46 heavy (non-hydrogen) atoms. The smallest absolute Gasteiger partial charge is 0.248 e. The summed E-state index contributed by atoms with van der Waals surface area (Å²) in [7, 11) is 6.18. The van der Waals surface area contributed by atoms with Crippen LogP contribution in [0.3, 0.4) is 0 Å². The summed E-state index contributed by atoms with van der Waals surface area (Å²) in [6, 6.07) is 5.65. The minimum Gasteiger partial charge on any atom is -0.493 e. The number of carbonyl (C=O) groups excluding carboxylic acids is 3. The Hall–Kier alpha value is -4.30. The van der Waals surface area contributed by atoms with E-state index in [1.807, 2.05) is 18.4 Å². The molecule has 1 aromatic heterocycles. The Morgan fingerprint density at radius 3 is 2.52 bits per heavy atom. The van der Waals surface area contributed by atoms with Gasteiger partial charge in [-0.3, -0.25) is 19.2 Å². The van der Waals surface area contributed by atoms with Gasteiger partial charge in [0.25, 0.3) is 0 Å². The van der Waals surface area contributed by atoms with Gasteiger partial charge in [0.1, 0.15) is 6.04 Å². The van der Waals surface area contributed by atoms with E-state index in [0.29, 0.717) is 64.2 Å². The number of nitrogens with zero attached hydrogens (tertiary/aromatic N) is 1. The van der Waals surface area contributed by atoms with E-state index in [2.05, 4.69) is 26.3 Å². The van der Waals surface area contributed by atoms with Crippen LogP contribution in [0.2, 0.25) is 0 Å². The first kappa shape index (κ1) is 34.6. The van der Waals surface area contributed by atoms with Crippen molar-refractivity contribution in [2.75, 3.05) is 51.0 Å². The molecule has 3 amide bonds. The Morgan fingerprint density at radius 1 is 1.11 bits per heavy atom. The lowest BCUT2D eigenvalue weighted by Crippen LogP contribution is -2.36. The summed E-state index contributed by atoms with van der Waals surface area (Å²) in [5, 5.41) is 13.6. The molecule has 4 N–H and O–H groups in total. The zero-order valence-corrected chi connectivity index (χ0v) is 28.3. The van der Waals surface area contributed by atoms with Crippen LogP contribution in [0.1, 0.15) is 42.6 Å². The van der Waals surface area contributed by atoms with Gasteiger partial charge in [0, 0.05) is 24.9 Å². The van der Waals surface area contributed by atoms with Gasteiger partial charge in [-0.05, 0) is 66.2 Å². The van der Waals surface area contributed by atoms with E-state index in [9.17, 15) is 19.2 Å². The van der Waals surface area contributed by atoms with Gasteiger partial charge in [-0.15, -0.1) is 11.3 Å². The number of anilines is 2. The normalized spacial score (nSPS) is 14.1. The van der Waals surface area contributed by atoms with Gasteiger partial charge in [0.05, 0.1) is 45.2 Å². The number of likely N-dealkylation sites (N-methyl/N-ethyl adjacent to an activating group) is 1. The lowest BCUT2D eigenvalue weighted by Gasteiger charge is -2.19. The van der Waals surface area contributed by atoms with Gasteiger partial charge >= 0.3 is 0 Å². The molecule has 4 rings (SSSR count). The van der Waals surface area contributed by atoms with Crippen molar-refractivity contribution >= 4 is 51.6 Å². The van der Waals surface area contributed by atoms with E-state index in [1.165, 1.54) is 31.4 Å². The lowest BCUT2D eigenvalue weighted by atomic mass is 9.95. The van der Waals surface area contributed by atoms with Crippen molar-refractivity contribution in [2.24, 2.45) is 0 Å². The average molecular weight is 670 g/mol. The molecule has 0 bridgehead atoms. The molecule has 0 unspecified atom stereocenters. The summed E-state index contributed by atoms with van der Waals surface area (Å²) in [6.45, 7) is 1.44. The van der Waals surface area contributed by atoms with E-state index in [4.69, 9.17) is 14.2 Å². The van der Waals surface area contributed by atoms with Gasteiger partial charge in [-0.1, -0.05) is 6.07 Å². The van der Waals surface area contributed by atoms with Crippen molar-refractivity contribution < 1.29 is 28.6 Å². The maximum absolute atomic E-state index is 13.8. The number of aryl methyl sites for hydroxylation is 1. The Bertz CT molecular complexity index is 1660. The Kier molecular flexibility index (Phi) is 11.9. The van der Waals surface area contributed by atoms with Gasteiger partial charge in [0.2, 0.25) is 28.9 Å². The molecular formula is C32H39N5O7S2. The summed E-state index contributed by atoms with van der Waals surface area (Å²) < 4.78 is 17.1. The number of ether oxygens (including phenoxy) is 3.